The molecule has 0 spiro atoms. The summed E-state index contributed by atoms with van der Waals surface area (Å²) < 4.78 is 40.5. The lowest BCUT2D eigenvalue weighted by Crippen LogP contribution is -2.34. The molecule has 4 aromatic carbocycles. The molecule has 1 heterocycles. The first kappa shape index (κ1) is 40.0. The third-order valence-electron chi connectivity index (χ3n) is 12.0. The summed E-state index contributed by atoms with van der Waals surface area (Å²) in [5.74, 6) is -2.09. The Kier molecular flexibility index (Phi) is 11.2. The molecule has 286 valence electrons. The van der Waals surface area contributed by atoms with E-state index in [1.807, 2.05) is 12.2 Å². The maximum absolute atomic E-state index is 14.5. The van der Waals surface area contributed by atoms with Crippen LogP contribution in [0.3, 0.4) is 0 Å². The molecule has 0 bridgehead atoms. The number of benzene rings is 4. The predicted octanol–water partition coefficient (Wildman–Crippen LogP) is 12.6. The molecule has 7 rings (SSSR count). The van der Waals surface area contributed by atoms with E-state index in [1.54, 1.807) is 24.3 Å². The number of carboxylic acid groups (broad SMARTS) is 1. The van der Waals surface area contributed by atoms with Crippen LogP contribution in [-0.4, -0.2) is 24.3 Å². The topological polar surface area (TPSA) is 55.8 Å². The third-order valence-corrected chi connectivity index (χ3v) is 12.7. The van der Waals surface area contributed by atoms with Crippen LogP contribution in [0.15, 0.2) is 71.2 Å². The second-order valence-corrected chi connectivity index (χ2v) is 18.7. The number of fused-ring (bicyclic) bond motifs is 2. The first-order valence-electron chi connectivity index (χ1n) is 19.0. The highest BCUT2D eigenvalue weighted by Crippen LogP contribution is 2.49. The summed E-state index contributed by atoms with van der Waals surface area (Å²) in [7, 11) is 0. The van der Waals surface area contributed by atoms with Gasteiger partial charge in [0.2, 0.25) is 0 Å². The normalized spacial score (nSPS) is 19.5. The van der Waals surface area contributed by atoms with Gasteiger partial charge in [-0.3, -0.25) is 0 Å². The van der Waals surface area contributed by atoms with E-state index in [1.165, 1.54) is 47.2 Å². The maximum atomic E-state index is 14.5. The van der Waals surface area contributed by atoms with Crippen molar-refractivity contribution in [1.29, 1.82) is 0 Å². The molecule has 2 aliphatic carbocycles. The molecule has 0 amide bonds. The van der Waals surface area contributed by atoms with Crippen LogP contribution in [0.1, 0.15) is 148 Å². The second-order valence-electron chi connectivity index (χ2n) is 17.8. The largest absolute Gasteiger partial charge is 0.478 e. The molecule has 0 aromatic heterocycles. The van der Waals surface area contributed by atoms with Crippen LogP contribution in [0, 0.1) is 11.6 Å². The Balaban J connectivity index is 0.000000210. The van der Waals surface area contributed by atoms with E-state index in [4.69, 9.17) is 14.6 Å². The lowest BCUT2D eigenvalue weighted by molar-refractivity contribution is -0.0447. The average Bonchev–Trinajstić information content (AvgIpc) is 3.65. The molecule has 3 aliphatic rings. The number of hydrogen-bond acceptors (Lipinski definition) is 3. The number of carboxylic acids is 1. The Hall–Kier alpha value is -3.65. The van der Waals surface area contributed by atoms with Crippen molar-refractivity contribution in [3.63, 3.8) is 0 Å². The van der Waals surface area contributed by atoms with Gasteiger partial charge in [0.1, 0.15) is 11.6 Å². The number of carbonyl (C=O) groups is 1. The summed E-state index contributed by atoms with van der Waals surface area (Å²) in [6.07, 6.45) is 8.70. The summed E-state index contributed by atoms with van der Waals surface area (Å²) >= 11 is 3.71. The van der Waals surface area contributed by atoms with Crippen LogP contribution >= 0.6 is 15.9 Å². The van der Waals surface area contributed by atoms with Crippen molar-refractivity contribution < 1.29 is 28.2 Å². The fourth-order valence-electron chi connectivity index (χ4n) is 8.10. The van der Waals surface area contributed by atoms with Gasteiger partial charge in [0.05, 0.1) is 18.8 Å². The van der Waals surface area contributed by atoms with Gasteiger partial charge in [-0.05, 0) is 122 Å². The zero-order valence-electron chi connectivity index (χ0n) is 32.8. The zero-order valence-corrected chi connectivity index (χ0v) is 34.4. The van der Waals surface area contributed by atoms with Crippen molar-refractivity contribution in [2.45, 2.75) is 115 Å². The van der Waals surface area contributed by atoms with Gasteiger partial charge in [0, 0.05) is 22.5 Å². The lowest BCUT2D eigenvalue weighted by Gasteiger charge is -2.42. The smallest absolute Gasteiger partial charge is 0.335 e. The van der Waals surface area contributed by atoms with E-state index < -0.39 is 17.6 Å². The van der Waals surface area contributed by atoms with E-state index in [0.29, 0.717) is 25.2 Å². The van der Waals surface area contributed by atoms with E-state index in [-0.39, 0.29) is 33.5 Å². The summed E-state index contributed by atoms with van der Waals surface area (Å²) in [6.45, 7) is 19.8. The predicted molar refractivity (Wildman–Crippen MR) is 217 cm³/mol. The Bertz CT molecular complexity index is 2070. The summed E-state index contributed by atoms with van der Waals surface area (Å²) in [4.78, 5) is 11.1. The number of rotatable bonds is 6. The molecule has 1 saturated heterocycles. The lowest BCUT2D eigenvalue weighted by atomic mass is 9.62. The molecular weight excluding hydrogens is 746 g/mol. The van der Waals surface area contributed by atoms with Crippen LogP contribution in [-0.2, 0) is 37.6 Å². The SMILES string of the molecule is CC1(C)CCC(C)(C)c2cc(C3OCCO3)c(Br)cc21.CC1(C)CCC(C)(C)c2cc(Cc3ccc(F)cc3F)c(/C=C/c3ccc(C(=O)O)cc3)cc21. The minimum absolute atomic E-state index is 0.00977. The van der Waals surface area contributed by atoms with Gasteiger partial charge >= 0.3 is 5.97 Å². The molecule has 0 atom stereocenters. The molecule has 1 fully saturated rings. The molecule has 1 aliphatic heterocycles. The number of aromatic carboxylic acids is 1. The van der Waals surface area contributed by atoms with Crippen LogP contribution < -0.4 is 0 Å². The Morgan fingerprint density at radius 3 is 1.76 bits per heavy atom. The summed E-state index contributed by atoms with van der Waals surface area (Å²) in [5, 5.41) is 9.13. The van der Waals surface area contributed by atoms with Gasteiger partial charge in [-0.25, -0.2) is 13.6 Å². The van der Waals surface area contributed by atoms with Crippen LogP contribution in [0.4, 0.5) is 8.78 Å². The van der Waals surface area contributed by atoms with E-state index in [0.717, 1.165) is 45.6 Å². The van der Waals surface area contributed by atoms with Crippen molar-refractivity contribution in [3.05, 3.63) is 138 Å². The minimum Gasteiger partial charge on any atom is -0.478 e. The highest BCUT2D eigenvalue weighted by molar-refractivity contribution is 9.10. The molecule has 0 unspecified atom stereocenters. The van der Waals surface area contributed by atoms with Crippen molar-refractivity contribution in [1.82, 2.24) is 0 Å². The molecule has 4 aromatic rings. The minimum atomic E-state index is -0.960. The van der Waals surface area contributed by atoms with Crippen molar-refractivity contribution >= 4 is 34.1 Å². The van der Waals surface area contributed by atoms with Crippen molar-refractivity contribution in [2.75, 3.05) is 13.2 Å². The standard InChI is InChI=1S/C30H30F2O2.C17H23BrO2/c1-29(2)13-14-30(3,4)26-17-23(15-22-11-12-24(31)18-27(22)32)21(16-25(26)29)10-7-19-5-8-20(9-6-19)28(33)34;1-16(2)5-6-17(3,4)13-10-14(18)11(9-12(13)16)15-19-7-8-20-15/h5-12,16-18H,13-15H2,1-4H3,(H,33,34);9-10,15H,5-8H2,1-4H3/b10-7+;. The Morgan fingerprint density at radius 1 is 0.704 bits per heavy atom. The highest BCUT2D eigenvalue weighted by atomic mass is 79.9. The van der Waals surface area contributed by atoms with Crippen molar-refractivity contribution in [2.24, 2.45) is 0 Å². The molecule has 1 N–H and O–H groups in total. The number of hydrogen-bond donors (Lipinski definition) is 1. The monoisotopic (exact) mass is 798 g/mol. The number of ether oxygens (including phenoxy) is 2. The first-order valence-corrected chi connectivity index (χ1v) is 19.8. The van der Waals surface area contributed by atoms with Gasteiger partial charge in [-0.1, -0.05) is 114 Å². The summed E-state index contributed by atoms with van der Waals surface area (Å²) in [5.41, 5.74) is 10.6. The van der Waals surface area contributed by atoms with Gasteiger partial charge in [-0.15, -0.1) is 0 Å². The molecule has 7 heteroatoms. The van der Waals surface area contributed by atoms with E-state index in [9.17, 15) is 13.6 Å². The number of halogens is 3. The maximum Gasteiger partial charge on any atom is 0.335 e. The van der Waals surface area contributed by atoms with Gasteiger partial charge < -0.3 is 14.6 Å². The Morgan fingerprint density at radius 2 is 1.22 bits per heavy atom. The highest BCUT2D eigenvalue weighted by Gasteiger charge is 2.39. The van der Waals surface area contributed by atoms with E-state index >= 15 is 0 Å². The average molecular weight is 800 g/mol. The van der Waals surface area contributed by atoms with Crippen LogP contribution in [0.25, 0.3) is 12.2 Å². The summed E-state index contributed by atoms with van der Waals surface area (Å²) in [6, 6.07) is 19.4. The fourth-order valence-corrected chi connectivity index (χ4v) is 8.63. The molecule has 0 saturated carbocycles. The quantitative estimate of drug-likeness (QED) is 0.197. The Labute approximate surface area is 328 Å². The molecular formula is C47H53BrF2O4. The van der Waals surface area contributed by atoms with Gasteiger partial charge in [0.25, 0.3) is 0 Å². The fraction of sp³-hybridized carbons (Fsp3) is 0.426. The van der Waals surface area contributed by atoms with Crippen LogP contribution in [0.5, 0.6) is 0 Å². The second kappa shape index (κ2) is 15.1. The first-order chi connectivity index (χ1) is 25.3. The van der Waals surface area contributed by atoms with Crippen LogP contribution in [0.2, 0.25) is 0 Å². The zero-order chi connectivity index (χ0) is 39.2. The molecule has 0 radical (unpaired) electrons. The van der Waals surface area contributed by atoms with Gasteiger partial charge in [-0.2, -0.15) is 0 Å². The third kappa shape index (κ3) is 8.44. The molecule has 54 heavy (non-hydrogen) atoms. The van der Waals surface area contributed by atoms with Crippen molar-refractivity contribution in [3.8, 4) is 0 Å². The van der Waals surface area contributed by atoms with Gasteiger partial charge in [0.15, 0.2) is 6.29 Å². The molecule has 4 nitrogen and oxygen atoms in total. The van der Waals surface area contributed by atoms with E-state index in [2.05, 4.69) is 95.6 Å².